The van der Waals surface area contributed by atoms with E-state index in [0.29, 0.717) is 10.5 Å². The van der Waals surface area contributed by atoms with Gasteiger partial charge in [-0.2, -0.15) is 10.5 Å². The Morgan fingerprint density at radius 3 is 1.21 bits per heavy atom. The first-order chi connectivity index (χ1) is 6.37. The number of rotatable bonds is 0. The summed E-state index contributed by atoms with van der Waals surface area (Å²) in [6, 6.07) is 0. The van der Waals surface area contributed by atoms with Gasteiger partial charge in [0.25, 0.3) is 0 Å². The first kappa shape index (κ1) is 12.3. The van der Waals surface area contributed by atoms with E-state index in [1.54, 1.807) is 0 Å². The summed E-state index contributed by atoms with van der Waals surface area (Å²) in [5, 5.41) is 1.60. The lowest BCUT2D eigenvalue weighted by Gasteiger charge is -2.28. The molecule has 0 nitrogen and oxygen atoms in total. The Balaban J connectivity index is 2.98. The monoisotopic (exact) mass is 214 g/mol. The zero-order chi connectivity index (χ0) is 11.0. The van der Waals surface area contributed by atoms with Gasteiger partial charge in [0.05, 0.1) is 0 Å². The quantitative estimate of drug-likeness (QED) is 0.534. The standard InChI is InChI=1S/C13H26S/c1-8-9(2)11(4)13(6)14(7)12(5)10(8)3/h8-13H,7H2,1-6H3. The molecule has 6 atom stereocenters. The highest BCUT2D eigenvalue weighted by atomic mass is 32.2. The van der Waals surface area contributed by atoms with Crippen molar-refractivity contribution in [3.63, 3.8) is 0 Å². The fraction of sp³-hybridized carbons (Fsp3) is 0.923. The van der Waals surface area contributed by atoms with Gasteiger partial charge in [-0.1, -0.05) is 47.4 Å². The van der Waals surface area contributed by atoms with Gasteiger partial charge >= 0.3 is 0 Å². The highest BCUT2D eigenvalue weighted by Gasteiger charge is 2.36. The third-order valence-electron chi connectivity index (χ3n) is 4.92. The molecule has 1 rings (SSSR count). The second-order valence-electron chi connectivity index (χ2n) is 5.32. The normalized spacial score (nSPS) is 55.4. The van der Waals surface area contributed by atoms with Crippen LogP contribution in [0, 0.1) is 23.7 Å². The summed E-state index contributed by atoms with van der Waals surface area (Å²) in [6.07, 6.45) is 0. The zero-order valence-corrected chi connectivity index (χ0v) is 11.4. The molecule has 0 aliphatic carbocycles. The third kappa shape index (κ3) is 1.93. The summed E-state index contributed by atoms with van der Waals surface area (Å²) < 4.78 is 0. The van der Waals surface area contributed by atoms with Crippen molar-refractivity contribution in [1.29, 1.82) is 0 Å². The Labute approximate surface area is 92.4 Å². The molecule has 14 heavy (non-hydrogen) atoms. The van der Waals surface area contributed by atoms with Gasteiger partial charge in [-0.05, 0) is 34.2 Å². The van der Waals surface area contributed by atoms with E-state index in [1.807, 2.05) is 0 Å². The lowest BCUT2D eigenvalue weighted by atomic mass is 9.77. The summed E-state index contributed by atoms with van der Waals surface area (Å²) in [4.78, 5) is 0. The molecule has 0 saturated carbocycles. The van der Waals surface area contributed by atoms with Crippen molar-refractivity contribution >= 4 is 16.4 Å². The van der Waals surface area contributed by atoms with Gasteiger partial charge in [-0.3, -0.25) is 0 Å². The van der Waals surface area contributed by atoms with Crippen molar-refractivity contribution in [3.05, 3.63) is 0 Å². The smallest absolute Gasteiger partial charge is 0.000541 e. The lowest BCUT2D eigenvalue weighted by Crippen LogP contribution is -2.24. The van der Waals surface area contributed by atoms with Gasteiger partial charge in [0, 0.05) is 0 Å². The van der Waals surface area contributed by atoms with E-state index in [2.05, 4.69) is 47.4 Å². The van der Waals surface area contributed by atoms with Gasteiger partial charge < -0.3 is 0 Å². The van der Waals surface area contributed by atoms with Gasteiger partial charge in [-0.15, -0.1) is 0 Å². The Kier molecular flexibility index (Phi) is 3.85. The first-order valence-electron chi connectivity index (χ1n) is 5.89. The predicted octanol–water partition coefficient (Wildman–Crippen LogP) is 4.02. The summed E-state index contributed by atoms with van der Waals surface area (Å²) >= 11 is 0. The Hall–Kier alpha value is 0.220. The molecule has 0 spiro atoms. The highest BCUT2D eigenvalue weighted by Crippen LogP contribution is 2.45. The maximum absolute atomic E-state index is 4.42. The van der Waals surface area contributed by atoms with E-state index in [0.717, 1.165) is 34.2 Å². The van der Waals surface area contributed by atoms with Gasteiger partial charge in [-0.25, -0.2) is 0 Å². The number of hydrogen-bond acceptors (Lipinski definition) is 0. The summed E-state index contributed by atoms with van der Waals surface area (Å²) in [5.41, 5.74) is 0. The van der Waals surface area contributed by atoms with Crippen LogP contribution in [0.5, 0.6) is 0 Å². The van der Waals surface area contributed by atoms with Crippen LogP contribution >= 0.6 is 10.5 Å². The van der Waals surface area contributed by atoms with Crippen molar-refractivity contribution in [3.8, 4) is 0 Å². The molecule has 1 heteroatoms. The maximum Gasteiger partial charge on any atom is -0.000541 e. The SMILES string of the molecule is C=S1C(C)C(C)C(C)C(C)C(C)C1C. The van der Waals surface area contributed by atoms with Gasteiger partial charge in [0.15, 0.2) is 0 Å². The predicted molar refractivity (Wildman–Crippen MR) is 70.3 cm³/mol. The molecule has 0 amide bonds. The van der Waals surface area contributed by atoms with Crippen molar-refractivity contribution in [2.45, 2.75) is 52.0 Å². The fourth-order valence-corrected chi connectivity index (χ4v) is 4.98. The fourth-order valence-electron chi connectivity index (χ4n) is 2.70. The minimum atomic E-state index is 0.351. The molecule has 0 N–H and O–H groups in total. The van der Waals surface area contributed by atoms with E-state index in [-0.39, 0.29) is 0 Å². The van der Waals surface area contributed by atoms with Crippen LogP contribution < -0.4 is 0 Å². The molecule has 0 radical (unpaired) electrons. The first-order valence-corrected chi connectivity index (χ1v) is 7.41. The average Bonchev–Trinajstić information content (AvgIpc) is 2.23. The molecule has 1 aliphatic rings. The summed E-state index contributed by atoms with van der Waals surface area (Å²) in [6.45, 7) is 14.5. The molecule has 0 aromatic heterocycles. The van der Waals surface area contributed by atoms with Crippen molar-refractivity contribution in [2.75, 3.05) is 0 Å². The second kappa shape index (κ2) is 4.38. The molecule has 0 aromatic carbocycles. The molecule has 6 unspecified atom stereocenters. The van der Waals surface area contributed by atoms with Crippen LogP contribution in [0.1, 0.15) is 41.5 Å². The number of hydrogen-bond donors (Lipinski definition) is 0. The molecular formula is C13H26S. The summed E-state index contributed by atoms with van der Waals surface area (Å²) in [5.74, 6) is 7.78. The van der Waals surface area contributed by atoms with Crippen LogP contribution in [-0.4, -0.2) is 16.4 Å². The van der Waals surface area contributed by atoms with Crippen LogP contribution in [-0.2, 0) is 0 Å². The maximum atomic E-state index is 4.42. The largest absolute Gasteiger partial charge is 0.187 e. The minimum Gasteiger partial charge on any atom is -0.187 e. The lowest BCUT2D eigenvalue weighted by molar-refractivity contribution is 0.222. The Morgan fingerprint density at radius 1 is 0.643 bits per heavy atom. The molecular weight excluding hydrogens is 188 g/mol. The minimum absolute atomic E-state index is 0.351. The van der Waals surface area contributed by atoms with E-state index in [9.17, 15) is 0 Å². The van der Waals surface area contributed by atoms with E-state index in [1.165, 1.54) is 0 Å². The molecule has 1 fully saturated rings. The molecule has 0 aromatic rings. The third-order valence-corrected chi connectivity index (χ3v) is 7.69. The van der Waals surface area contributed by atoms with E-state index in [4.69, 9.17) is 0 Å². The Morgan fingerprint density at radius 2 is 0.929 bits per heavy atom. The second-order valence-corrected chi connectivity index (χ2v) is 7.74. The van der Waals surface area contributed by atoms with Crippen LogP contribution in [0.15, 0.2) is 0 Å². The average molecular weight is 214 g/mol. The Bertz CT molecular complexity index is 199. The van der Waals surface area contributed by atoms with Gasteiger partial charge in [0.2, 0.25) is 0 Å². The molecule has 1 heterocycles. The van der Waals surface area contributed by atoms with Crippen molar-refractivity contribution < 1.29 is 0 Å². The van der Waals surface area contributed by atoms with Crippen LogP contribution in [0.3, 0.4) is 0 Å². The van der Waals surface area contributed by atoms with E-state index >= 15 is 0 Å². The van der Waals surface area contributed by atoms with Crippen molar-refractivity contribution in [1.82, 2.24) is 0 Å². The van der Waals surface area contributed by atoms with Crippen LogP contribution in [0.25, 0.3) is 0 Å². The van der Waals surface area contributed by atoms with Gasteiger partial charge in [0.1, 0.15) is 0 Å². The molecule has 0 bridgehead atoms. The highest BCUT2D eigenvalue weighted by molar-refractivity contribution is 8.15. The zero-order valence-electron chi connectivity index (χ0n) is 10.6. The molecule has 1 aliphatic heterocycles. The van der Waals surface area contributed by atoms with Crippen LogP contribution in [0.2, 0.25) is 0 Å². The van der Waals surface area contributed by atoms with Crippen molar-refractivity contribution in [2.24, 2.45) is 23.7 Å². The molecule has 84 valence electrons. The molecule has 1 saturated heterocycles. The topological polar surface area (TPSA) is 0 Å². The summed E-state index contributed by atoms with van der Waals surface area (Å²) in [7, 11) is 0.351. The van der Waals surface area contributed by atoms with Crippen LogP contribution in [0.4, 0.5) is 0 Å². The van der Waals surface area contributed by atoms with E-state index < -0.39 is 0 Å².